The zero-order chi connectivity index (χ0) is 17.8. The molecule has 2 heterocycles. The molecule has 0 spiro atoms. The summed E-state index contributed by atoms with van der Waals surface area (Å²) >= 11 is 2.70. The molecule has 7 heteroatoms. The molecule has 3 rings (SSSR count). The molecule has 0 aliphatic rings. The lowest BCUT2D eigenvalue weighted by atomic mass is 10.0. The summed E-state index contributed by atoms with van der Waals surface area (Å²) in [5, 5.41) is 4.95. The van der Waals surface area contributed by atoms with Gasteiger partial charge < -0.3 is 10.1 Å². The predicted molar refractivity (Wildman–Crippen MR) is 101 cm³/mol. The molecule has 128 valence electrons. The molecule has 0 saturated carbocycles. The number of thiophene rings is 1. The monoisotopic (exact) mass is 372 g/mol. The fourth-order valence-electron chi connectivity index (χ4n) is 2.47. The minimum absolute atomic E-state index is 0.265. The van der Waals surface area contributed by atoms with Crippen molar-refractivity contribution < 1.29 is 14.3 Å². The summed E-state index contributed by atoms with van der Waals surface area (Å²) in [6.07, 6.45) is 0. The molecule has 1 aromatic carbocycles. The van der Waals surface area contributed by atoms with Crippen LogP contribution in [0.3, 0.4) is 0 Å². The number of amides is 1. The average molecular weight is 372 g/mol. The molecule has 0 bridgehead atoms. The first-order valence-corrected chi connectivity index (χ1v) is 9.43. The molecule has 3 aromatic rings. The van der Waals surface area contributed by atoms with Crippen molar-refractivity contribution in [3.8, 4) is 11.1 Å². The van der Waals surface area contributed by atoms with Gasteiger partial charge in [-0.15, -0.1) is 22.7 Å². The minimum Gasteiger partial charge on any atom is -0.462 e. The maximum Gasteiger partial charge on any atom is 0.341 e. The fourth-order valence-corrected chi connectivity index (χ4v) is 4.07. The summed E-state index contributed by atoms with van der Waals surface area (Å²) in [6, 6.07) is 9.61. The predicted octanol–water partition coefficient (Wildman–Crippen LogP) is 4.61. The van der Waals surface area contributed by atoms with E-state index in [1.165, 1.54) is 22.7 Å². The third-order valence-electron chi connectivity index (χ3n) is 3.52. The second kappa shape index (κ2) is 7.58. The summed E-state index contributed by atoms with van der Waals surface area (Å²) in [6.45, 7) is 3.95. The van der Waals surface area contributed by atoms with Gasteiger partial charge in [0.15, 0.2) is 0 Å². The number of carbonyl (C=O) groups excluding carboxylic acids is 2. The summed E-state index contributed by atoms with van der Waals surface area (Å²) < 4.78 is 5.22. The van der Waals surface area contributed by atoms with Crippen molar-refractivity contribution >= 4 is 39.6 Å². The number of nitrogens with one attached hydrogen (secondary N) is 1. The molecular weight excluding hydrogens is 356 g/mol. The number of hydrogen-bond donors (Lipinski definition) is 1. The number of aromatic nitrogens is 1. The second-order valence-corrected chi connectivity index (χ2v) is 7.10. The molecule has 0 fully saturated rings. The van der Waals surface area contributed by atoms with Crippen molar-refractivity contribution in [1.29, 1.82) is 0 Å². The lowest BCUT2D eigenvalue weighted by Gasteiger charge is -2.08. The van der Waals surface area contributed by atoms with Gasteiger partial charge in [-0.05, 0) is 19.4 Å². The quantitative estimate of drug-likeness (QED) is 0.664. The van der Waals surface area contributed by atoms with Gasteiger partial charge in [-0.1, -0.05) is 30.3 Å². The Balaban J connectivity index is 2.06. The van der Waals surface area contributed by atoms with E-state index in [2.05, 4.69) is 10.3 Å². The SMILES string of the molecule is CCOC(=O)c1c(NC(=O)c2cscn2)sc(C)c1-c1ccccc1. The van der Waals surface area contributed by atoms with Crippen LogP contribution in [-0.4, -0.2) is 23.5 Å². The van der Waals surface area contributed by atoms with Crippen LogP contribution in [0.2, 0.25) is 0 Å². The van der Waals surface area contributed by atoms with E-state index in [4.69, 9.17) is 4.74 Å². The smallest absolute Gasteiger partial charge is 0.341 e. The van der Waals surface area contributed by atoms with Crippen LogP contribution in [-0.2, 0) is 4.74 Å². The van der Waals surface area contributed by atoms with Crippen molar-refractivity contribution in [2.75, 3.05) is 11.9 Å². The molecule has 2 aromatic heterocycles. The molecule has 25 heavy (non-hydrogen) atoms. The molecule has 0 aliphatic heterocycles. The molecule has 1 N–H and O–H groups in total. The highest BCUT2D eigenvalue weighted by atomic mass is 32.1. The first-order valence-electron chi connectivity index (χ1n) is 7.67. The molecule has 0 aliphatic carbocycles. The van der Waals surface area contributed by atoms with Gasteiger partial charge in [0.2, 0.25) is 0 Å². The van der Waals surface area contributed by atoms with Crippen LogP contribution in [0.15, 0.2) is 41.2 Å². The summed E-state index contributed by atoms with van der Waals surface area (Å²) in [5.41, 5.74) is 4.01. The highest BCUT2D eigenvalue weighted by Gasteiger charge is 2.25. The third kappa shape index (κ3) is 3.62. The number of benzene rings is 1. The van der Waals surface area contributed by atoms with Crippen LogP contribution in [0, 0.1) is 6.92 Å². The Bertz CT molecular complexity index is 887. The molecular formula is C18H16N2O3S2. The van der Waals surface area contributed by atoms with E-state index < -0.39 is 5.97 Å². The second-order valence-electron chi connectivity index (χ2n) is 5.15. The number of hydrogen-bond acceptors (Lipinski definition) is 6. The van der Waals surface area contributed by atoms with Gasteiger partial charge in [0, 0.05) is 15.8 Å². The van der Waals surface area contributed by atoms with E-state index in [9.17, 15) is 9.59 Å². The van der Waals surface area contributed by atoms with Crippen LogP contribution in [0.1, 0.15) is 32.6 Å². The van der Waals surface area contributed by atoms with Crippen molar-refractivity contribution in [3.05, 3.63) is 57.4 Å². The van der Waals surface area contributed by atoms with E-state index in [-0.39, 0.29) is 12.5 Å². The first-order chi connectivity index (χ1) is 12.1. The molecule has 0 saturated heterocycles. The number of ether oxygens (including phenoxy) is 1. The van der Waals surface area contributed by atoms with Crippen molar-refractivity contribution in [1.82, 2.24) is 4.98 Å². The first kappa shape index (κ1) is 17.3. The van der Waals surface area contributed by atoms with Crippen LogP contribution < -0.4 is 5.32 Å². The number of aryl methyl sites for hydroxylation is 1. The van der Waals surface area contributed by atoms with Gasteiger partial charge in [-0.3, -0.25) is 4.79 Å². The Kier molecular flexibility index (Phi) is 5.25. The molecule has 0 radical (unpaired) electrons. The number of anilines is 1. The Morgan fingerprint density at radius 1 is 1.24 bits per heavy atom. The number of esters is 1. The number of nitrogens with zero attached hydrogens (tertiary/aromatic N) is 1. The minimum atomic E-state index is -0.445. The van der Waals surface area contributed by atoms with Crippen LogP contribution in [0.25, 0.3) is 11.1 Å². The standard InChI is InChI=1S/C18H16N2O3S2/c1-3-23-18(22)15-14(12-7-5-4-6-8-12)11(2)25-17(15)20-16(21)13-9-24-10-19-13/h4-10H,3H2,1-2H3,(H,20,21). The number of carbonyl (C=O) groups is 2. The number of thiazole rings is 1. The zero-order valence-electron chi connectivity index (χ0n) is 13.7. The van der Waals surface area contributed by atoms with Gasteiger partial charge in [0.25, 0.3) is 5.91 Å². The van der Waals surface area contributed by atoms with Gasteiger partial charge in [-0.2, -0.15) is 0 Å². The molecule has 5 nitrogen and oxygen atoms in total. The van der Waals surface area contributed by atoms with Crippen molar-refractivity contribution in [3.63, 3.8) is 0 Å². The van der Waals surface area contributed by atoms with E-state index in [0.717, 1.165) is 16.0 Å². The third-order valence-corrected chi connectivity index (χ3v) is 5.13. The van der Waals surface area contributed by atoms with Gasteiger partial charge >= 0.3 is 5.97 Å². The number of rotatable bonds is 5. The fraction of sp³-hybridized carbons (Fsp3) is 0.167. The maximum atomic E-state index is 12.6. The lowest BCUT2D eigenvalue weighted by Crippen LogP contribution is -2.15. The van der Waals surface area contributed by atoms with E-state index in [0.29, 0.717) is 16.3 Å². The summed E-state index contributed by atoms with van der Waals surface area (Å²) in [4.78, 5) is 29.9. The largest absolute Gasteiger partial charge is 0.462 e. The Morgan fingerprint density at radius 2 is 2.00 bits per heavy atom. The lowest BCUT2D eigenvalue weighted by molar-refractivity contribution is 0.0529. The Morgan fingerprint density at radius 3 is 2.64 bits per heavy atom. The van der Waals surface area contributed by atoms with Gasteiger partial charge in [-0.25, -0.2) is 9.78 Å². The summed E-state index contributed by atoms with van der Waals surface area (Å²) in [5.74, 6) is -0.785. The topological polar surface area (TPSA) is 68.3 Å². The Labute approximate surface area is 153 Å². The van der Waals surface area contributed by atoms with Crippen LogP contribution >= 0.6 is 22.7 Å². The normalized spacial score (nSPS) is 10.5. The Hall–Kier alpha value is -2.51. The van der Waals surface area contributed by atoms with Crippen molar-refractivity contribution in [2.24, 2.45) is 0 Å². The van der Waals surface area contributed by atoms with E-state index >= 15 is 0 Å². The highest BCUT2D eigenvalue weighted by molar-refractivity contribution is 7.17. The zero-order valence-corrected chi connectivity index (χ0v) is 15.4. The maximum absolute atomic E-state index is 12.6. The van der Waals surface area contributed by atoms with E-state index in [1.54, 1.807) is 17.8 Å². The van der Waals surface area contributed by atoms with Crippen LogP contribution in [0.4, 0.5) is 5.00 Å². The van der Waals surface area contributed by atoms with Gasteiger partial charge in [0.1, 0.15) is 16.3 Å². The van der Waals surface area contributed by atoms with Crippen LogP contribution in [0.5, 0.6) is 0 Å². The van der Waals surface area contributed by atoms with E-state index in [1.807, 2.05) is 37.3 Å². The molecule has 1 amide bonds. The van der Waals surface area contributed by atoms with Gasteiger partial charge in [0.05, 0.1) is 12.1 Å². The highest BCUT2D eigenvalue weighted by Crippen LogP contribution is 2.40. The molecule has 0 unspecified atom stereocenters. The molecule has 0 atom stereocenters. The average Bonchev–Trinajstić information content (AvgIpc) is 3.24. The van der Waals surface area contributed by atoms with Crippen molar-refractivity contribution in [2.45, 2.75) is 13.8 Å². The summed E-state index contributed by atoms with van der Waals surface area (Å²) in [7, 11) is 0.